The fourth-order valence-corrected chi connectivity index (χ4v) is 4.64. The monoisotopic (exact) mass is 472 g/mol. The van der Waals surface area contributed by atoms with E-state index in [0.29, 0.717) is 6.32 Å². The third-order valence-electron chi connectivity index (χ3n) is 7.31. The van der Waals surface area contributed by atoms with Gasteiger partial charge >= 0.3 is 19.2 Å². The first-order valence-corrected chi connectivity index (χ1v) is 11.4. The van der Waals surface area contributed by atoms with Gasteiger partial charge in [0, 0.05) is 11.8 Å². The van der Waals surface area contributed by atoms with Crippen LogP contribution in [0.5, 0.6) is 0 Å². The first kappa shape index (κ1) is 26.0. The van der Waals surface area contributed by atoms with E-state index in [1.807, 2.05) is 58.0 Å². The standard InChI is InChI=1S/C24H33BN2O7/c1-22(2)23(3,4)34-25(33-22)13-11-24(12-14-26)18(28)15-27(19(24)20(29)31-5)21(30)32-16-17-9-7-6-8-10-17/h6-10,18-19,28H,11-13,15-16H2,1-5H3. The van der Waals surface area contributed by atoms with Gasteiger partial charge in [0.1, 0.15) is 12.6 Å². The highest BCUT2D eigenvalue weighted by Crippen LogP contribution is 2.47. The van der Waals surface area contributed by atoms with Crippen LogP contribution in [0.4, 0.5) is 4.79 Å². The minimum absolute atomic E-state index is 0.0132. The van der Waals surface area contributed by atoms with Crippen LogP contribution in [0.3, 0.4) is 0 Å². The van der Waals surface area contributed by atoms with E-state index >= 15 is 0 Å². The molecule has 2 aliphatic heterocycles. The molecule has 1 N–H and O–H groups in total. The van der Waals surface area contributed by atoms with Gasteiger partial charge in [0.15, 0.2) is 0 Å². The maximum absolute atomic E-state index is 13.0. The number of aliphatic hydroxyl groups excluding tert-OH is 1. The second-order valence-electron chi connectivity index (χ2n) is 9.93. The zero-order chi connectivity index (χ0) is 25.1. The van der Waals surface area contributed by atoms with Crippen molar-refractivity contribution in [2.45, 2.75) is 76.8 Å². The molecule has 1 aromatic carbocycles. The number of nitriles is 1. The van der Waals surface area contributed by atoms with E-state index in [1.165, 1.54) is 12.0 Å². The Morgan fingerprint density at radius 2 is 1.82 bits per heavy atom. The lowest BCUT2D eigenvalue weighted by Crippen LogP contribution is -2.50. The summed E-state index contributed by atoms with van der Waals surface area (Å²) in [6.45, 7) is 7.60. The molecule has 0 saturated carbocycles. The number of β-amino-alcohol motifs (C(OH)–C–C–N with tert-alkyl or cyclic N) is 1. The molecule has 1 amide bonds. The molecule has 184 valence electrons. The van der Waals surface area contributed by atoms with Crippen molar-refractivity contribution < 1.29 is 33.5 Å². The summed E-state index contributed by atoms with van der Waals surface area (Å²) >= 11 is 0. The van der Waals surface area contributed by atoms with Gasteiger partial charge < -0.3 is 23.9 Å². The van der Waals surface area contributed by atoms with Gasteiger partial charge in [-0.05, 0) is 46.0 Å². The summed E-state index contributed by atoms with van der Waals surface area (Å²) in [5.41, 5.74) is -1.54. The Morgan fingerprint density at radius 3 is 2.38 bits per heavy atom. The molecule has 10 heteroatoms. The maximum atomic E-state index is 13.0. The maximum Gasteiger partial charge on any atom is 0.457 e. The number of carbonyl (C=O) groups is 2. The Labute approximate surface area is 201 Å². The molecule has 0 aromatic heterocycles. The van der Waals surface area contributed by atoms with Crippen molar-refractivity contribution in [1.82, 2.24) is 4.90 Å². The van der Waals surface area contributed by atoms with Crippen LogP contribution in [-0.2, 0) is 30.2 Å². The number of rotatable bonds is 7. The van der Waals surface area contributed by atoms with Crippen LogP contribution in [-0.4, -0.2) is 66.2 Å². The Kier molecular flexibility index (Phi) is 7.61. The smallest absolute Gasteiger partial charge is 0.457 e. The van der Waals surface area contributed by atoms with Gasteiger partial charge in [-0.3, -0.25) is 4.90 Å². The lowest BCUT2D eigenvalue weighted by atomic mass is 9.67. The molecule has 2 heterocycles. The van der Waals surface area contributed by atoms with E-state index in [9.17, 15) is 20.0 Å². The number of methoxy groups -OCH3 is 1. The first-order chi connectivity index (χ1) is 16.0. The molecule has 34 heavy (non-hydrogen) atoms. The molecule has 3 unspecified atom stereocenters. The van der Waals surface area contributed by atoms with Gasteiger partial charge in [-0.15, -0.1) is 0 Å². The topological polar surface area (TPSA) is 118 Å². The summed E-state index contributed by atoms with van der Waals surface area (Å²) in [5.74, 6) is -0.711. The van der Waals surface area contributed by atoms with E-state index in [2.05, 4.69) is 6.07 Å². The number of ether oxygens (including phenoxy) is 2. The SMILES string of the molecule is COC(=O)C1N(C(=O)OCc2ccccc2)CC(O)C1(CC#N)CCB1OC(C)(C)C(C)(C)O1. The fourth-order valence-electron chi connectivity index (χ4n) is 4.64. The number of hydrogen-bond donors (Lipinski definition) is 1. The molecule has 3 atom stereocenters. The van der Waals surface area contributed by atoms with Crippen LogP contribution in [0.15, 0.2) is 30.3 Å². The Morgan fingerprint density at radius 1 is 1.21 bits per heavy atom. The molecule has 9 nitrogen and oxygen atoms in total. The number of nitrogens with zero attached hydrogens (tertiary/aromatic N) is 2. The third kappa shape index (κ3) is 4.92. The minimum Gasteiger partial charge on any atom is -0.467 e. The van der Waals surface area contributed by atoms with Crippen LogP contribution in [0.1, 0.15) is 46.1 Å². The van der Waals surface area contributed by atoms with Crippen LogP contribution in [0.2, 0.25) is 6.32 Å². The molecule has 1 aromatic rings. The molecule has 2 fully saturated rings. The van der Waals surface area contributed by atoms with Gasteiger partial charge in [0.2, 0.25) is 0 Å². The van der Waals surface area contributed by atoms with Crippen molar-refractivity contribution in [3.8, 4) is 6.07 Å². The van der Waals surface area contributed by atoms with Crippen molar-refractivity contribution in [1.29, 1.82) is 5.26 Å². The van der Waals surface area contributed by atoms with Crippen molar-refractivity contribution in [2.24, 2.45) is 5.41 Å². The molecular formula is C24H33BN2O7. The van der Waals surface area contributed by atoms with Gasteiger partial charge in [0.05, 0.1) is 37.0 Å². The molecule has 0 radical (unpaired) electrons. The largest absolute Gasteiger partial charge is 0.467 e. The summed E-state index contributed by atoms with van der Waals surface area (Å²) in [5, 5.41) is 20.7. The van der Waals surface area contributed by atoms with Crippen molar-refractivity contribution in [2.75, 3.05) is 13.7 Å². The average Bonchev–Trinajstić information content (AvgIpc) is 3.19. The van der Waals surface area contributed by atoms with Crippen molar-refractivity contribution in [3.05, 3.63) is 35.9 Å². The normalized spacial score (nSPS) is 27.3. The average molecular weight is 472 g/mol. The Balaban J connectivity index is 1.81. The Bertz CT molecular complexity index is 917. The number of likely N-dealkylation sites (tertiary alicyclic amines) is 1. The highest BCUT2D eigenvalue weighted by molar-refractivity contribution is 6.45. The van der Waals surface area contributed by atoms with E-state index in [1.54, 1.807) is 0 Å². The number of amides is 1. The van der Waals surface area contributed by atoms with Crippen molar-refractivity contribution in [3.63, 3.8) is 0 Å². The highest BCUT2D eigenvalue weighted by Gasteiger charge is 2.60. The molecule has 0 bridgehead atoms. The minimum atomic E-state index is -1.25. The number of aliphatic hydroxyl groups is 1. The third-order valence-corrected chi connectivity index (χ3v) is 7.31. The number of benzene rings is 1. The second-order valence-corrected chi connectivity index (χ2v) is 9.93. The van der Waals surface area contributed by atoms with Gasteiger partial charge in [-0.2, -0.15) is 5.26 Å². The summed E-state index contributed by atoms with van der Waals surface area (Å²) in [6, 6.07) is 10.0. The molecule has 2 aliphatic rings. The van der Waals surface area contributed by atoms with Crippen LogP contribution >= 0.6 is 0 Å². The van der Waals surface area contributed by atoms with E-state index in [0.717, 1.165) is 5.56 Å². The summed E-state index contributed by atoms with van der Waals surface area (Å²) in [7, 11) is 0.636. The first-order valence-electron chi connectivity index (χ1n) is 11.4. The summed E-state index contributed by atoms with van der Waals surface area (Å²) in [6.07, 6.45) is -1.51. The van der Waals surface area contributed by atoms with Gasteiger partial charge in [0.25, 0.3) is 0 Å². The molecule has 0 spiro atoms. The zero-order valence-corrected chi connectivity index (χ0v) is 20.4. The zero-order valence-electron chi connectivity index (χ0n) is 20.4. The Hall–Kier alpha value is -2.61. The van der Waals surface area contributed by atoms with E-state index in [-0.39, 0.29) is 26.0 Å². The summed E-state index contributed by atoms with van der Waals surface area (Å²) < 4.78 is 22.5. The number of esters is 1. The number of hydrogen-bond acceptors (Lipinski definition) is 8. The molecule has 3 rings (SSSR count). The second kappa shape index (κ2) is 9.94. The highest BCUT2D eigenvalue weighted by atomic mass is 16.7. The van der Waals surface area contributed by atoms with Crippen LogP contribution in [0, 0.1) is 16.7 Å². The molecular weight excluding hydrogens is 439 g/mol. The lowest BCUT2D eigenvalue weighted by molar-refractivity contribution is -0.150. The predicted octanol–water partition coefficient (Wildman–Crippen LogP) is 2.92. The lowest BCUT2D eigenvalue weighted by Gasteiger charge is -2.35. The summed E-state index contributed by atoms with van der Waals surface area (Å²) in [4.78, 5) is 27.0. The van der Waals surface area contributed by atoms with Crippen LogP contribution < -0.4 is 0 Å². The predicted molar refractivity (Wildman–Crippen MR) is 123 cm³/mol. The van der Waals surface area contributed by atoms with E-state index in [4.69, 9.17) is 18.8 Å². The van der Waals surface area contributed by atoms with Crippen LogP contribution in [0.25, 0.3) is 0 Å². The number of carbonyl (C=O) groups excluding carboxylic acids is 2. The van der Waals surface area contributed by atoms with Gasteiger partial charge in [-0.1, -0.05) is 30.3 Å². The fraction of sp³-hybridized carbons (Fsp3) is 0.625. The van der Waals surface area contributed by atoms with E-state index < -0.39 is 47.9 Å². The van der Waals surface area contributed by atoms with Gasteiger partial charge in [-0.25, -0.2) is 9.59 Å². The molecule has 2 saturated heterocycles. The van der Waals surface area contributed by atoms with Crippen molar-refractivity contribution >= 4 is 19.2 Å². The quantitative estimate of drug-likeness (QED) is 0.476. The molecule has 0 aliphatic carbocycles.